The lowest BCUT2D eigenvalue weighted by Crippen LogP contribution is -2.12. The fourth-order valence-corrected chi connectivity index (χ4v) is 8.87. The molecule has 0 N–H and O–H groups in total. The molecule has 0 bridgehead atoms. The van der Waals surface area contributed by atoms with Crippen LogP contribution in [0.15, 0.2) is 200 Å². The van der Waals surface area contributed by atoms with Crippen molar-refractivity contribution in [3.8, 4) is 22.3 Å². The summed E-state index contributed by atoms with van der Waals surface area (Å²) < 4.78 is 0. The van der Waals surface area contributed by atoms with Crippen LogP contribution in [0.4, 0.5) is 17.1 Å². The third kappa shape index (κ3) is 4.58. The van der Waals surface area contributed by atoms with Gasteiger partial charge in [0.25, 0.3) is 0 Å². The number of para-hydroxylation sites is 2. The molecule has 0 amide bonds. The van der Waals surface area contributed by atoms with E-state index in [0.717, 1.165) is 17.1 Å². The van der Waals surface area contributed by atoms with E-state index in [1.807, 2.05) is 0 Å². The Hall–Kier alpha value is -6.96. The second-order valence-electron chi connectivity index (χ2n) is 14.0. The SMILES string of the molecule is c1ccc(-c2ccccc2N(c2cc3ccc4cccc5c6cccc7ccc8cccc(c(c2)c3c45)c8c76)c2ccccc2-c2ccccc2)cc1. The first kappa shape index (κ1) is 29.7. The number of nitrogens with zero attached hydrogens (tertiary/aromatic N) is 1. The zero-order valence-corrected chi connectivity index (χ0v) is 29.0. The predicted octanol–water partition coefficient (Wildman–Crippen LogP) is 14.8. The molecule has 0 aromatic heterocycles. The standard InChI is InChI=1S/C52H33N/c1-3-14-34(15-4-1)41-21-7-9-26-47(41)53(48-27-10-8-22-42(48)35-16-5-2-6-17-35)40-32-39-31-30-38-19-12-24-44-43-23-11-18-36-28-29-37-20-13-25-45(51(37)49(36)43)46(33-40)52(39)50(38)44/h1-33H. The van der Waals surface area contributed by atoms with Crippen molar-refractivity contribution in [2.75, 3.05) is 4.90 Å². The van der Waals surface area contributed by atoms with Crippen molar-refractivity contribution in [2.45, 2.75) is 0 Å². The van der Waals surface area contributed by atoms with E-state index in [9.17, 15) is 0 Å². The van der Waals surface area contributed by atoms with Crippen LogP contribution in [0.5, 0.6) is 0 Å². The van der Waals surface area contributed by atoms with Crippen molar-refractivity contribution in [3.05, 3.63) is 200 Å². The van der Waals surface area contributed by atoms with Crippen molar-refractivity contribution in [1.29, 1.82) is 0 Å². The number of hydrogen-bond donors (Lipinski definition) is 0. The molecule has 0 aliphatic carbocycles. The molecule has 0 spiro atoms. The molecule has 1 nitrogen and oxygen atoms in total. The number of hydrogen-bond acceptors (Lipinski definition) is 1. The Kier molecular flexibility index (Phi) is 6.62. The molecule has 246 valence electrons. The van der Waals surface area contributed by atoms with Gasteiger partial charge in [0.15, 0.2) is 0 Å². The maximum Gasteiger partial charge on any atom is 0.0540 e. The lowest BCUT2D eigenvalue weighted by Gasteiger charge is -2.30. The summed E-state index contributed by atoms with van der Waals surface area (Å²) in [5.74, 6) is 0. The van der Waals surface area contributed by atoms with Gasteiger partial charge in [-0.15, -0.1) is 0 Å². The second kappa shape index (κ2) is 11.8. The summed E-state index contributed by atoms with van der Waals surface area (Å²) in [5.41, 5.74) is 8.11. The fraction of sp³-hybridized carbons (Fsp3) is 0. The summed E-state index contributed by atoms with van der Waals surface area (Å²) in [5, 5.41) is 15.3. The minimum Gasteiger partial charge on any atom is -0.309 e. The van der Waals surface area contributed by atoms with E-state index in [1.165, 1.54) is 86.9 Å². The van der Waals surface area contributed by atoms with E-state index in [-0.39, 0.29) is 0 Å². The molecule has 11 rings (SSSR count). The maximum absolute atomic E-state index is 2.49. The quantitative estimate of drug-likeness (QED) is 0.165. The highest BCUT2D eigenvalue weighted by molar-refractivity contribution is 6.37. The van der Waals surface area contributed by atoms with E-state index in [1.54, 1.807) is 0 Å². The molecule has 53 heavy (non-hydrogen) atoms. The number of benzene rings is 10. The molecule has 0 aliphatic rings. The lowest BCUT2D eigenvalue weighted by atomic mass is 9.87. The van der Waals surface area contributed by atoms with Crippen molar-refractivity contribution < 1.29 is 0 Å². The van der Waals surface area contributed by atoms with Gasteiger partial charge >= 0.3 is 0 Å². The third-order valence-electron chi connectivity index (χ3n) is 11.1. The molecule has 0 unspecified atom stereocenters. The first-order chi connectivity index (χ1) is 26.3. The highest BCUT2D eigenvalue weighted by atomic mass is 15.1. The van der Waals surface area contributed by atoms with Crippen molar-refractivity contribution in [1.82, 2.24) is 0 Å². The van der Waals surface area contributed by atoms with Gasteiger partial charge in [-0.2, -0.15) is 0 Å². The van der Waals surface area contributed by atoms with Crippen LogP contribution in [-0.4, -0.2) is 0 Å². The average Bonchev–Trinajstić information content (AvgIpc) is 3.23. The van der Waals surface area contributed by atoms with Gasteiger partial charge in [-0.1, -0.05) is 176 Å². The van der Waals surface area contributed by atoms with Gasteiger partial charge in [-0.3, -0.25) is 0 Å². The highest BCUT2D eigenvalue weighted by Gasteiger charge is 2.23. The summed E-state index contributed by atoms with van der Waals surface area (Å²) in [6.07, 6.45) is 0. The highest BCUT2D eigenvalue weighted by Crippen LogP contribution is 2.49. The van der Waals surface area contributed by atoms with Crippen LogP contribution >= 0.6 is 0 Å². The van der Waals surface area contributed by atoms with Crippen molar-refractivity contribution >= 4 is 81.7 Å². The van der Waals surface area contributed by atoms with E-state index >= 15 is 0 Å². The smallest absolute Gasteiger partial charge is 0.0540 e. The van der Waals surface area contributed by atoms with E-state index in [4.69, 9.17) is 0 Å². The summed E-state index contributed by atoms with van der Waals surface area (Å²) in [6, 6.07) is 73.7. The van der Waals surface area contributed by atoms with E-state index in [2.05, 4.69) is 205 Å². The van der Waals surface area contributed by atoms with Gasteiger partial charge in [0.05, 0.1) is 11.4 Å². The molecule has 1 heteroatoms. The Morgan fingerprint density at radius 2 is 0.660 bits per heavy atom. The van der Waals surface area contributed by atoms with Crippen LogP contribution < -0.4 is 4.90 Å². The minimum atomic E-state index is 1.12. The summed E-state index contributed by atoms with van der Waals surface area (Å²) in [4.78, 5) is 2.49. The molecule has 0 heterocycles. The molecule has 11 aromatic rings. The Bertz CT molecular complexity index is 3070. The van der Waals surface area contributed by atoms with Crippen LogP contribution in [0.2, 0.25) is 0 Å². The minimum absolute atomic E-state index is 1.12. The summed E-state index contributed by atoms with van der Waals surface area (Å²) in [7, 11) is 0. The maximum atomic E-state index is 2.49. The average molecular weight is 672 g/mol. The molecule has 0 radical (unpaired) electrons. The largest absolute Gasteiger partial charge is 0.309 e. The summed E-state index contributed by atoms with van der Waals surface area (Å²) in [6.45, 7) is 0. The molecule has 0 saturated heterocycles. The van der Waals surface area contributed by atoms with E-state index < -0.39 is 0 Å². The van der Waals surface area contributed by atoms with Gasteiger partial charge in [0.2, 0.25) is 0 Å². The molecule has 0 atom stereocenters. The van der Waals surface area contributed by atoms with Crippen molar-refractivity contribution in [3.63, 3.8) is 0 Å². The number of rotatable bonds is 5. The molecule has 0 saturated carbocycles. The Morgan fingerprint density at radius 1 is 0.264 bits per heavy atom. The first-order valence-electron chi connectivity index (χ1n) is 18.4. The molecular weight excluding hydrogens is 639 g/mol. The van der Waals surface area contributed by atoms with Gasteiger partial charge in [0, 0.05) is 16.8 Å². The fourth-order valence-electron chi connectivity index (χ4n) is 8.87. The van der Waals surface area contributed by atoms with Crippen LogP contribution in [0.25, 0.3) is 86.9 Å². The molecular formula is C52H33N. The monoisotopic (exact) mass is 671 g/mol. The van der Waals surface area contributed by atoms with Gasteiger partial charge in [0.1, 0.15) is 0 Å². The Balaban J connectivity index is 1.34. The number of anilines is 3. The lowest BCUT2D eigenvalue weighted by molar-refractivity contribution is 1.29. The molecule has 11 aromatic carbocycles. The first-order valence-corrected chi connectivity index (χ1v) is 18.4. The normalized spacial score (nSPS) is 11.8. The molecule has 0 fully saturated rings. The van der Waals surface area contributed by atoms with Crippen LogP contribution in [0.1, 0.15) is 0 Å². The van der Waals surface area contributed by atoms with Crippen LogP contribution in [0, 0.1) is 0 Å². The van der Waals surface area contributed by atoms with Crippen LogP contribution in [-0.2, 0) is 0 Å². The third-order valence-corrected chi connectivity index (χ3v) is 11.1. The Morgan fingerprint density at radius 3 is 1.15 bits per heavy atom. The van der Waals surface area contributed by atoms with E-state index in [0.29, 0.717) is 0 Å². The summed E-state index contributed by atoms with van der Waals surface area (Å²) >= 11 is 0. The van der Waals surface area contributed by atoms with Gasteiger partial charge in [-0.05, 0) is 100 Å². The Labute approximate surface area is 307 Å². The van der Waals surface area contributed by atoms with Crippen LogP contribution in [0.3, 0.4) is 0 Å². The zero-order valence-electron chi connectivity index (χ0n) is 29.0. The zero-order chi connectivity index (χ0) is 34.9. The van der Waals surface area contributed by atoms with Gasteiger partial charge < -0.3 is 4.90 Å². The predicted molar refractivity (Wildman–Crippen MR) is 228 cm³/mol. The van der Waals surface area contributed by atoms with Crippen molar-refractivity contribution in [2.24, 2.45) is 0 Å². The van der Waals surface area contributed by atoms with Gasteiger partial charge in [-0.25, -0.2) is 0 Å². The molecule has 0 aliphatic heterocycles. The number of fused-ring (bicyclic) bond motifs is 2. The second-order valence-corrected chi connectivity index (χ2v) is 14.0. The topological polar surface area (TPSA) is 3.24 Å².